The molecule has 2 nitrogen and oxygen atoms in total. The molecule has 98 valence electrons. The van der Waals surface area contributed by atoms with E-state index in [0.717, 1.165) is 32.1 Å². The lowest BCUT2D eigenvalue weighted by molar-refractivity contribution is 0.145. The summed E-state index contributed by atoms with van der Waals surface area (Å²) in [7, 11) is 0. The molecule has 2 heteroatoms. The molecule has 0 fully saturated rings. The summed E-state index contributed by atoms with van der Waals surface area (Å²) in [6.45, 7) is 10.7. The van der Waals surface area contributed by atoms with Crippen molar-refractivity contribution in [3.63, 3.8) is 0 Å². The Kier molecular flexibility index (Phi) is 12.9. The van der Waals surface area contributed by atoms with Crippen molar-refractivity contribution in [2.75, 3.05) is 26.3 Å². The van der Waals surface area contributed by atoms with E-state index >= 15 is 0 Å². The first-order valence-corrected chi connectivity index (χ1v) is 7.05. The fourth-order valence-electron chi connectivity index (χ4n) is 1.72. The van der Waals surface area contributed by atoms with E-state index in [-0.39, 0.29) is 0 Å². The maximum atomic E-state index is 5.28. The van der Waals surface area contributed by atoms with E-state index in [1.165, 1.54) is 38.6 Å². The SMILES string of the molecule is CCOCCCNCCCCCCC(C)C. The van der Waals surface area contributed by atoms with Crippen LogP contribution in [0.2, 0.25) is 0 Å². The van der Waals surface area contributed by atoms with E-state index in [1.807, 2.05) is 6.92 Å². The molecule has 0 atom stereocenters. The molecule has 0 aromatic heterocycles. The third-order valence-electron chi connectivity index (χ3n) is 2.73. The molecule has 1 N–H and O–H groups in total. The van der Waals surface area contributed by atoms with Gasteiger partial charge in [0.05, 0.1) is 0 Å². The molecular weight excluding hydrogens is 198 g/mol. The summed E-state index contributed by atoms with van der Waals surface area (Å²) >= 11 is 0. The van der Waals surface area contributed by atoms with Crippen molar-refractivity contribution in [3.8, 4) is 0 Å². The van der Waals surface area contributed by atoms with Gasteiger partial charge in [0.1, 0.15) is 0 Å². The van der Waals surface area contributed by atoms with Crippen LogP contribution in [0, 0.1) is 5.92 Å². The maximum Gasteiger partial charge on any atom is 0.0477 e. The molecule has 0 aliphatic heterocycles. The van der Waals surface area contributed by atoms with Crippen molar-refractivity contribution >= 4 is 0 Å². The van der Waals surface area contributed by atoms with Crippen LogP contribution in [0.4, 0.5) is 0 Å². The van der Waals surface area contributed by atoms with Crippen LogP contribution < -0.4 is 5.32 Å². The van der Waals surface area contributed by atoms with Gasteiger partial charge < -0.3 is 10.1 Å². The van der Waals surface area contributed by atoms with E-state index in [0.29, 0.717) is 0 Å². The Labute approximate surface area is 102 Å². The van der Waals surface area contributed by atoms with Crippen LogP contribution in [0.5, 0.6) is 0 Å². The van der Waals surface area contributed by atoms with Crippen molar-refractivity contribution < 1.29 is 4.74 Å². The second-order valence-electron chi connectivity index (χ2n) is 4.90. The predicted molar refractivity (Wildman–Crippen MR) is 71.9 cm³/mol. The monoisotopic (exact) mass is 229 g/mol. The van der Waals surface area contributed by atoms with Crippen LogP contribution in [0.25, 0.3) is 0 Å². The summed E-state index contributed by atoms with van der Waals surface area (Å²) in [6.07, 6.45) is 8.04. The highest BCUT2D eigenvalue weighted by Crippen LogP contribution is 2.08. The number of unbranched alkanes of at least 4 members (excludes halogenated alkanes) is 3. The Morgan fingerprint density at radius 1 is 0.938 bits per heavy atom. The molecule has 0 saturated heterocycles. The van der Waals surface area contributed by atoms with Crippen LogP contribution in [-0.2, 0) is 4.74 Å². The topological polar surface area (TPSA) is 21.3 Å². The maximum absolute atomic E-state index is 5.28. The Balaban J connectivity index is 2.88. The first-order chi connectivity index (χ1) is 7.77. The number of hydrogen-bond donors (Lipinski definition) is 1. The highest BCUT2D eigenvalue weighted by atomic mass is 16.5. The average molecular weight is 229 g/mol. The van der Waals surface area contributed by atoms with Gasteiger partial charge in [0.15, 0.2) is 0 Å². The quantitative estimate of drug-likeness (QED) is 0.516. The zero-order valence-electron chi connectivity index (χ0n) is 11.6. The summed E-state index contributed by atoms with van der Waals surface area (Å²) < 4.78 is 5.28. The zero-order chi connectivity index (χ0) is 12.1. The van der Waals surface area contributed by atoms with Gasteiger partial charge in [-0.1, -0.05) is 39.5 Å². The molecular formula is C14H31NO. The fourth-order valence-corrected chi connectivity index (χ4v) is 1.72. The zero-order valence-corrected chi connectivity index (χ0v) is 11.6. The standard InChI is InChI=1S/C14H31NO/c1-4-16-13-9-12-15-11-8-6-5-7-10-14(2)3/h14-15H,4-13H2,1-3H3. The number of nitrogens with one attached hydrogen (secondary N) is 1. The van der Waals surface area contributed by atoms with Crippen molar-refractivity contribution in [3.05, 3.63) is 0 Å². The van der Waals surface area contributed by atoms with Crippen LogP contribution >= 0.6 is 0 Å². The molecule has 0 saturated carbocycles. The lowest BCUT2D eigenvalue weighted by atomic mass is 10.0. The number of rotatable bonds is 12. The minimum Gasteiger partial charge on any atom is -0.382 e. The third-order valence-corrected chi connectivity index (χ3v) is 2.73. The predicted octanol–water partition coefficient (Wildman–Crippen LogP) is 3.61. The number of ether oxygens (including phenoxy) is 1. The normalized spacial score (nSPS) is 11.2. The molecule has 0 radical (unpaired) electrons. The van der Waals surface area contributed by atoms with Gasteiger partial charge in [-0.05, 0) is 38.8 Å². The molecule has 0 rings (SSSR count). The molecule has 16 heavy (non-hydrogen) atoms. The first-order valence-electron chi connectivity index (χ1n) is 7.05. The lowest BCUT2D eigenvalue weighted by Gasteiger charge is -2.06. The van der Waals surface area contributed by atoms with Crippen LogP contribution in [0.1, 0.15) is 59.3 Å². The first kappa shape index (κ1) is 15.9. The molecule has 0 aliphatic carbocycles. The van der Waals surface area contributed by atoms with E-state index in [2.05, 4.69) is 19.2 Å². The molecule has 0 bridgehead atoms. The van der Waals surface area contributed by atoms with Crippen LogP contribution in [0.15, 0.2) is 0 Å². The summed E-state index contributed by atoms with van der Waals surface area (Å²) in [4.78, 5) is 0. The second-order valence-corrected chi connectivity index (χ2v) is 4.90. The van der Waals surface area contributed by atoms with Crippen molar-refractivity contribution in [2.45, 2.75) is 59.3 Å². The molecule has 0 heterocycles. The molecule has 0 aromatic carbocycles. The highest BCUT2D eigenvalue weighted by Gasteiger charge is 1.94. The minimum atomic E-state index is 0.843. The summed E-state index contributed by atoms with van der Waals surface area (Å²) in [5.41, 5.74) is 0. The minimum absolute atomic E-state index is 0.843. The van der Waals surface area contributed by atoms with Gasteiger partial charge in [-0.25, -0.2) is 0 Å². The van der Waals surface area contributed by atoms with E-state index < -0.39 is 0 Å². The highest BCUT2D eigenvalue weighted by molar-refractivity contribution is 4.51. The smallest absolute Gasteiger partial charge is 0.0477 e. The van der Waals surface area contributed by atoms with Gasteiger partial charge >= 0.3 is 0 Å². The summed E-state index contributed by atoms with van der Waals surface area (Å²) in [6, 6.07) is 0. The van der Waals surface area contributed by atoms with Crippen LogP contribution in [0.3, 0.4) is 0 Å². The Bertz CT molecular complexity index is 126. The van der Waals surface area contributed by atoms with Crippen LogP contribution in [-0.4, -0.2) is 26.3 Å². The van der Waals surface area contributed by atoms with Gasteiger partial charge in [-0.3, -0.25) is 0 Å². The summed E-state index contributed by atoms with van der Waals surface area (Å²) in [5.74, 6) is 0.872. The Morgan fingerprint density at radius 3 is 2.31 bits per heavy atom. The van der Waals surface area contributed by atoms with Gasteiger partial charge in [-0.2, -0.15) is 0 Å². The van der Waals surface area contributed by atoms with E-state index in [9.17, 15) is 0 Å². The van der Waals surface area contributed by atoms with Crippen molar-refractivity contribution in [2.24, 2.45) is 5.92 Å². The van der Waals surface area contributed by atoms with Gasteiger partial charge in [0.2, 0.25) is 0 Å². The Morgan fingerprint density at radius 2 is 1.62 bits per heavy atom. The third kappa shape index (κ3) is 13.9. The molecule has 0 amide bonds. The molecule has 0 aliphatic rings. The number of hydrogen-bond acceptors (Lipinski definition) is 2. The second kappa shape index (κ2) is 13.0. The van der Waals surface area contributed by atoms with Gasteiger partial charge in [0.25, 0.3) is 0 Å². The molecule has 0 aromatic rings. The van der Waals surface area contributed by atoms with Crippen molar-refractivity contribution in [1.29, 1.82) is 0 Å². The van der Waals surface area contributed by atoms with Gasteiger partial charge in [-0.15, -0.1) is 0 Å². The van der Waals surface area contributed by atoms with E-state index in [4.69, 9.17) is 4.74 Å². The Hall–Kier alpha value is -0.0800. The van der Waals surface area contributed by atoms with Crippen molar-refractivity contribution in [1.82, 2.24) is 5.32 Å². The molecule has 0 spiro atoms. The average Bonchev–Trinajstić information content (AvgIpc) is 2.25. The lowest BCUT2D eigenvalue weighted by Crippen LogP contribution is -2.18. The summed E-state index contributed by atoms with van der Waals surface area (Å²) in [5, 5.41) is 3.46. The van der Waals surface area contributed by atoms with Gasteiger partial charge in [0, 0.05) is 13.2 Å². The van der Waals surface area contributed by atoms with E-state index in [1.54, 1.807) is 0 Å². The fraction of sp³-hybridized carbons (Fsp3) is 1.00. The largest absolute Gasteiger partial charge is 0.382 e. The molecule has 0 unspecified atom stereocenters.